The largest absolute Gasteiger partial charge is 0.480 e. The van der Waals surface area contributed by atoms with Crippen molar-refractivity contribution < 1.29 is 14.7 Å². The van der Waals surface area contributed by atoms with Crippen molar-refractivity contribution in [1.29, 1.82) is 0 Å². The van der Waals surface area contributed by atoms with Gasteiger partial charge in [-0.3, -0.25) is 9.59 Å². The van der Waals surface area contributed by atoms with Crippen LogP contribution < -0.4 is 10.6 Å². The minimum absolute atomic E-state index is 0.0139. The molecule has 0 radical (unpaired) electrons. The molecule has 0 spiro atoms. The van der Waals surface area contributed by atoms with Gasteiger partial charge in [-0.15, -0.1) is 0 Å². The summed E-state index contributed by atoms with van der Waals surface area (Å²) in [5.74, 6) is -0.504. The SMILES string of the molecule is CC(C)c1nsc(NCC(=O)NCC(=O)O)n1. The Balaban J connectivity index is 2.34. The highest BCUT2D eigenvalue weighted by Gasteiger charge is 2.09. The van der Waals surface area contributed by atoms with Gasteiger partial charge in [0.25, 0.3) is 0 Å². The summed E-state index contributed by atoms with van der Waals surface area (Å²) in [6.07, 6.45) is 0. The van der Waals surface area contributed by atoms with Crippen molar-refractivity contribution in [3.8, 4) is 0 Å². The summed E-state index contributed by atoms with van der Waals surface area (Å²) in [4.78, 5) is 25.6. The van der Waals surface area contributed by atoms with Gasteiger partial charge in [0.2, 0.25) is 11.0 Å². The van der Waals surface area contributed by atoms with E-state index in [2.05, 4.69) is 20.0 Å². The number of aromatic nitrogens is 2. The summed E-state index contributed by atoms with van der Waals surface area (Å²) in [7, 11) is 0. The average molecular weight is 258 g/mol. The zero-order valence-corrected chi connectivity index (χ0v) is 10.4. The fourth-order valence-electron chi connectivity index (χ4n) is 0.934. The molecule has 1 heterocycles. The van der Waals surface area contributed by atoms with Crippen LogP contribution in [-0.2, 0) is 9.59 Å². The lowest BCUT2D eigenvalue weighted by molar-refractivity contribution is -0.137. The van der Waals surface area contributed by atoms with Crippen LogP contribution in [0.25, 0.3) is 0 Å². The molecule has 0 aliphatic heterocycles. The molecule has 0 saturated heterocycles. The smallest absolute Gasteiger partial charge is 0.322 e. The van der Waals surface area contributed by atoms with Crippen molar-refractivity contribution in [1.82, 2.24) is 14.7 Å². The number of rotatable bonds is 6. The van der Waals surface area contributed by atoms with Gasteiger partial charge >= 0.3 is 5.97 Å². The van der Waals surface area contributed by atoms with E-state index in [1.165, 1.54) is 11.5 Å². The maximum absolute atomic E-state index is 11.2. The van der Waals surface area contributed by atoms with Crippen LogP contribution in [0.2, 0.25) is 0 Å². The van der Waals surface area contributed by atoms with E-state index < -0.39 is 11.9 Å². The van der Waals surface area contributed by atoms with Gasteiger partial charge in [0.15, 0.2) is 0 Å². The molecule has 0 aromatic carbocycles. The van der Waals surface area contributed by atoms with Crippen LogP contribution in [0, 0.1) is 0 Å². The van der Waals surface area contributed by atoms with Crippen LogP contribution in [0.5, 0.6) is 0 Å². The number of amides is 1. The van der Waals surface area contributed by atoms with Crippen LogP contribution in [0.15, 0.2) is 0 Å². The molecular weight excluding hydrogens is 244 g/mol. The van der Waals surface area contributed by atoms with E-state index in [4.69, 9.17) is 5.11 Å². The number of hydrogen-bond donors (Lipinski definition) is 3. The fourth-order valence-corrected chi connectivity index (χ4v) is 1.64. The molecule has 94 valence electrons. The lowest BCUT2D eigenvalue weighted by atomic mass is 10.2. The van der Waals surface area contributed by atoms with Crippen LogP contribution in [0.3, 0.4) is 0 Å². The van der Waals surface area contributed by atoms with Gasteiger partial charge in [-0.2, -0.15) is 4.37 Å². The van der Waals surface area contributed by atoms with Crippen molar-refractivity contribution >= 4 is 28.5 Å². The third kappa shape index (κ3) is 4.77. The van der Waals surface area contributed by atoms with E-state index in [0.29, 0.717) is 5.13 Å². The van der Waals surface area contributed by atoms with Crippen LogP contribution in [0.1, 0.15) is 25.6 Å². The Morgan fingerprint density at radius 2 is 2.12 bits per heavy atom. The van der Waals surface area contributed by atoms with E-state index in [1.54, 1.807) is 0 Å². The Kier molecular flexibility index (Phi) is 4.83. The normalized spacial score (nSPS) is 10.3. The first kappa shape index (κ1) is 13.4. The molecule has 1 rings (SSSR count). The van der Waals surface area contributed by atoms with Crippen molar-refractivity contribution in [2.24, 2.45) is 0 Å². The number of hydrogen-bond acceptors (Lipinski definition) is 6. The second-order valence-electron chi connectivity index (χ2n) is 3.64. The van der Waals surface area contributed by atoms with E-state index in [0.717, 1.165) is 5.82 Å². The monoisotopic (exact) mass is 258 g/mol. The van der Waals surface area contributed by atoms with Crippen molar-refractivity contribution in [2.75, 3.05) is 18.4 Å². The highest BCUT2D eigenvalue weighted by atomic mass is 32.1. The molecule has 0 aliphatic carbocycles. The van der Waals surface area contributed by atoms with Gasteiger partial charge in [0, 0.05) is 17.5 Å². The fraction of sp³-hybridized carbons (Fsp3) is 0.556. The van der Waals surface area contributed by atoms with Gasteiger partial charge in [-0.05, 0) is 0 Å². The Labute approximate surface area is 102 Å². The Morgan fingerprint density at radius 3 is 2.65 bits per heavy atom. The van der Waals surface area contributed by atoms with Gasteiger partial charge in [0.05, 0.1) is 6.54 Å². The third-order valence-corrected chi connectivity index (χ3v) is 2.48. The summed E-state index contributed by atoms with van der Waals surface area (Å²) in [5.41, 5.74) is 0. The predicted octanol–water partition coefficient (Wildman–Crippen LogP) is 0.274. The van der Waals surface area contributed by atoms with Crippen LogP contribution >= 0.6 is 11.5 Å². The molecule has 1 amide bonds. The second kappa shape index (κ2) is 6.14. The second-order valence-corrected chi connectivity index (χ2v) is 4.39. The highest BCUT2D eigenvalue weighted by molar-refractivity contribution is 7.09. The Morgan fingerprint density at radius 1 is 1.41 bits per heavy atom. The first-order chi connectivity index (χ1) is 7.99. The minimum atomic E-state index is -1.07. The van der Waals surface area contributed by atoms with Gasteiger partial charge in [0.1, 0.15) is 12.4 Å². The number of nitrogens with zero attached hydrogens (tertiary/aromatic N) is 2. The maximum Gasteiger partial charge on any atom is 0.322 e. The predicted molar refractivity (Wildman–Crippen MR) is 63.1 cm³/mol. The van der Waals surface area contributed by atoms with E-state index >= 15 is 0 Å². The summed E-state index contributed by atoms with van der Waals surface area (Å²) in [6.45, 7) is 3.56. The average Bonchev–Trinajstić information content (AvgIpc) is 2.72. The molecule has 17 heavy (non-hydrogen) atoms. The zero-order valence-electron chi connectivity index (χ0n) is 9.56. The topological polar surface area (TPSA) is 104 Å². The number of carboxylic acid groups (broad SMARTS) is 1. The number of carboxylic acids is 1. The summed E-state index contributed by atoms with van der Waals surface area (Å²) in [5, 5.41) is 13.9. The highest BCUT2D eigenvalue weighted by Crippen LogP contribution is 2.16. The Hall–Kier alpha value is -1.70. The molecule has 0 aliphatic rings. The molecule has 8 heteroatoms. The first-order valence-corrected chi connectivity index (χ1v) is 5.82. The van der Waals surface area contributed by atoms with Crippen LogP contribution in [0.4, 0.5) is 5.13 Å². The van der Waals surface area contributed by atoms with Crippen LogP contribution in [-0.4, -0.2) is 39.4 Å². The molecule has 0 fully saturated rings. The molecule has 0 saturated carbocycles. The third-order valence-electron chi connectivity index (χ3n) is 1.80. The molecule has 3 N–H and O–H groups in total. The Bertz CT molecular complexity index is 405. The molecule has 0 atom stereocenters. The molecule has 0 unspecified atom stereocenters. The number of anilines is 1. The first-order valence-electron chi connectivity index (χ1n) is 5.05. The molecule has 1 aromatic rings. The van der Waals surface area contributed by atoms with Crippen molar-refractivity contribution in [2.45, 2.75) is 19.8 Å². The standard InChI is InChI=1S/C9H14N4O3S/c1-5(2)8-12-9(17-13-8)11-3-6(14)10-4-7(15)16/h5H,3-4H2,1-2H3,(H,10,14)(H,15,16)(H,11,12,13). The molecular formula is C9H14N4O3S. The minimum Gasteiger partial charge on any atom is -0.480 e. The maximum atomic E-state index is 11.2. The van der Waals surface area contributed by atoms with Gasteiger partial charge in [-0.1, -0.05) is 13.8 Å². The number of aliphatic carboxylic acids is 1. The lowest BCUT2D eigenvalue weighted by Gasteiger charge is -2.02. The zero-order chi connectivity index (χ0) is 12.8. The summed E-state index contributed by atoms with van der Waals surface area (Å²) < 4.78 is 4.11. The van der Waals surface area contributed by atoms with E-state index in [-0.39, 0.29) is 19.0 Å². The number of carbonyl (C=O) groups excluding carboxylic acids is 1. The lowest BCUT2D eigenvalue weighted by Crippen LogP contribution is -2.33. The molecule has 1 aromatic heterocycles. The molecule has 7 nitrogen and oxygen atoms in total. The van der Waals surface area contributed by atoms with Gasteiger partial charge < -0.3 is 15.7 Å². The molecule has 0 bridgehead atoms. The number of carbonyl (C=O) groups is 2. The van der Waals surface area contributed by atoms with Crippen molar-refractivity contribution in [3.05, 3.63) is 5.82 Å². The summed E-state index contributed by atoms with van der Waals surface area (Å²) in [6, 6.07) is 0. The van der Waals surface area contributed by atoms with E-state index in [1.807, 2.05) is 13.8 Å². The van der Waals surface area contributed by atoms with Gasteiger partial charge in [-0.25, -0.2) is 4.98 Å². The summed E-state index contributed by atoms with van der Waals surface area (Å²) >= 11 is 1.18. The quantitative estimate of drug-likeness (QED) is 0.676. The van der Waals surface area contributed by atoms with E-state index in [9.17, 15) is 9.59 Å². The van der Waals surface area contributed by atoms with Crippen molar-refractivity contribution in [3.63, 3.8) is 0 Å². The number of nitrogens with one attached hydrogen (secondary N) is 2.